The van der Waals surface area contributed by atoms with Gasteiger partial charge in [0.05, 0.1) is 6.54 Å². The van der Waals surface area contributed by atoms with Gasteiger partial charge in [-0.2, -0.15) is 5.10 Å². The number of nitrogens with zero attached hydrogens (tertiary/aromatic N) is 3. The summed E-state index contributed by atoms with van der Waals surface area (Å²) in [6, 6.07) is 10.7. The van der Waals surface area contributed by atoms with Gasteiger partial charge in [0.2, 0.25) is 5.91 Å². The molecule has 1 atom stereocenters. The molecule has 1 aliphatic heterocycles. The van der Waals surface area contributed by atoms with Gasteiger partial charge in [0.15, 0.2) is 0 Å². The fraction of sp³-hybridized carbons (Fsp3) is 0.444. The van der Waals surface area contributed by atoms with Crippen LogP contribution in [0.15, 0.2) is 42.7 Å². The number of carbonyl (C=O) groups is 1. The molecule has 3 rings (SSSR count). The lowest BCUT2D eigenvalue weighted by Gasteiger charge is -2.16. The molecule has 0 bridgehead atoms. The molecule has 1 aromatic heterocycles. The van der Waals surface area contributed by atoms with Crippen LogP contribution in [0.1, 0.15) is 24.5 Å². The first-order valence-corrected chi connectivity index (χ1v) is 8.21. The van der Waals surface area contributed by atoms with Crippen LogP contribution in [0.3, 0.4) is 0 Å². The van der Waals surface area contributed by atoms with Gasteiger partial charge >= 0.3 is 0 Å². The molecule has 5 heteroatoms. The summed E-state index contributed by atoms with van der Waals surface area (Å²) in [5.41, 5.74) is 2.61. The Hall–Kier alpha value is -2.14. The third kappa shape index (κ3) is 4.66. The molecule has 2 heterocycles. The van der Waals surface area contributed by atoms with E-state index in [-0.39, 0.29) is 5.91 Å². The van der Waals surface area contributed by atoms with E-state index in [2.05, 4.69) is 39.6 Å². The monoisotopic (exact) mass is 312 g/mol. The Morgan fingerprint density at radius 1 is 1.26 bits per heavy atom. The number of rotatable bonds is 6. The van der Waals surface area contributed by atoms with Gasteiger partial charge < -0.3 is 5.32 Å². The first-order valence-electron chi connectivity index (χ1n) is 8.21. The highest BCUT2D eigenvalue weighted by atomic mass is 16.1. The van der Waals surface area contributed by atoms with Crippen LogP contribution in [0, 0.1) is 5.92 Å². The number of nitrogens with one attached hydrogen (secondary N) is 1. The molecular weight excluding hydrogens is 288 g/mol. The quantitative estimate of drug-likeness (QED) is 0.886. The van der Waals surface area contributed by atoms with Crippen molar-refractivity contribution in [3.05, 3.63) is 53.9 Å². The number of likely N-dealkylation sites (tertiary alicyclic amines) is 1. The second-order valence-electron chi connectivity index (χ2n) is 6.35. The summed E-state index contributed by atoms with van der Waals surface area (Å²) in [7, 11) is 0. The minimum atomic E-state index is 0.0659. The van der Waals surface area contributed by atoms with Crippen molar-refractivity contribution in [1.29, 1.82) is 0 Å². The van der Waals surface area contributed by atoms with E-state index >= 15 is 0 Å². The van der Waals surface area contributed by atoms with E-state index in [1.54, 1.807) is 13.1 Å². The molecule has 0 radical (unpaired) electrons. The standard InChI is InChI=1S/C18H24N4O/c1-15(23)19-11-18-7-10-21(13-18)12-16-3-5-17(6-4-16)14-22-9-2-8-20-22/h2-6,8-9,18H,7,10-14H2,1H3,(H,19,23)/t18-/m1/s1. The van der Waals surface area contributed by atoms with Crippen LogP contribution < -0.4 is 5.32 Å². The predicted octanol–water partition coefficient (Wildman–Crippen LogP) is 1.89. The van der Waals surface area contributed by atoms with Crippen molar-refractivity contribution >= 4 is 5.91 Å². The van der Waals surface area contributed by atoms with E-state index in [9.17, 15) is 4.79 Å². The lowest BCUT2D eigenvalue weighted by molar-refractivity contribution is -0.119. The van der Waals surface area contributed by atoms with Crippen LogP contribution in [-0.4, -0.2) is 40.2 Å². The molecule has 5 nitrogen and oxygen atoms in total. The van der Waals surface area contributed by atoms with Gasteiger partial charge in [-0.25, -0.2) is 0 Å². The van der Waals surface area contributed by atoms with Crippen molar-refractivity contribution in [3.8, 4) is 0 Å². The highest BCUT2D eigenvalue weighted by molar-refractivity contribution is 5.72. The minimum Gasteiger partial charge on any atom is -0.356 e. The van der Waals surface area contributed by atoms with Crippen LogP contribution in [0.5, 0.6) is 0 Å². The van der Waals surface area contributed by atoms with E-state index < -0.39 is 0 Å². The molecule has 23 heavy (non-hydrogen) atoms. The second kappa shape index (κ2) is 7.42. The Bertz CT molecular complexity index is 621. The van der Waals surface area contributed by atoms with E-state index in [4.69, 9.17) is 0 Å². The van der Waals surface area contributed by atoms with Crippen LogP contribution in [-0.2, 0) is 17.9 Å². The summed E-state index contributed by atoms with van der Waals surface area (Å²) >= 11 is 0. The Morgan fingerprint density at radius 3 is 2.65 bits per heavy atom. The Labute approximate surface area is 137 Å². The Kier molecular flexibility index (Phi) is 5.08. The van der Waals surface area contributed by atoms with Gasteiger partial charge in [-0.15, -0.1) is 0 Å². The number of hydrogen-bond donors (Lipinski definition) is 1. The summed E-state index contributed by atoms with van der Waals surface area (Å²) in [6.07, 6.45) is 4.95. The van der Waals surface area contributed by atoms with E-state index in [0.717, 1.165) is 39.1 Å². The topological polar surface area (TPSA) is 50.2 Å². The zero-order chi connectivity index (χ0) is 16.1. The highest BCUT2D eigenvalue weighted by Gasteiger charge is 2.22. The van der Waals surface area contributed by atoms with E-state index in [1.165, 1.54) is 11.1 Å². The van der Waals surface area contributed by atoms with E-state index in [0.29, 0.717) is 5.92 Å². The molecule has 1 saturated heterocycles. The molecule has 1 N–H and O–H groups in total. The Morgan fingerprint density at radius 2 is 2.00 bits per heavy atom. The first-order chi connectivity index (χ1) is 11.2. The van der Waals surface area contributed by atoms with Crippen molar-refractivity contribution in [2.24, 2.45) is 5.92 Å². The maximum atomic E-state index is 11.0. The summed E-state index contributed by atoms with van der Waals surface area (Å²) in [4.78, 5) is 13.5. The molecule has 122 valence electrons. The van der Waals surface area contributed by atoms with Crippen molar-refractivity contribution < 1.29 is 4.79 Å². The van der Waals surface area contributed by atoms with Gasteiger partial charge in [-0.1, -0.05) is 24.3 Å². The first kappa shape index (κ1) is 15.7. The molecule has 1 fully saturated rings. The summed E-state index contributed by atoms with van der Waals surface area (Å²) in [5.74, 6) is 0.647. The molecule has 0 spiro atoms. The van der Waals surface area contributed by atoms with Crippen molar-refractivity contribution in [2.45, 2.75) is 26.4 Å². The molecule has 0 saturated carbocycles. The third-order valence-corrected chi connectivity index (χ3v) is 4.34. The SMILES string of the molecule is CC(=O)NC[C@H]1CCN(Cc2ccc(Cn3cccn3)cc2)C1. The average molecular weight is 312 g/mol. The maximum absolute atomic E-state index is 11.0. The molecule has 0 aliphatic carbocycles. The number of hydrogen-bond acceptors (Lipinski definition) is 3. The average Bonchev–Trinajstić information content (AvgIpc) is 3.19. The van der Waals surface area contributed by atoms with Crippen molar-refractivity contribution in [1.82, 2.24) is 20.0 Å². The van der Waals surface area contributed by atoms with Crippen molar-refractivity contribution in [2.75, 3.05) is 19.6 Å². The molecular formula is C18H24N4O. The zero-order valence-electron chi connectivity index (χ0n) is 13.6. The molecule has 2 aromatic rings. The maximum Gasteiger partial charge on any atom is 0.216 e. The Balaban J connectivity index is 1.48. The van der Waals surface area contributed by atoms with Gasteiger partial charge in [0, 0.05) is 39.0 Å². The summed E-state index contributed by atoms with van der Waals surface area (Å²) in [5, 5.41) is 7.16. The number of benzene rings is 1. The normalized spacial score (nSPS) is 18.2. The van der Waals surface area contributed by atoms with Crippen LogP contribution in [0.25, 0.3) is 0 Å². The van der Waals surface area contributed by atoms with Gasteiger partial charge in [-0.3, -0.25) is 14.4 Å². The van der Waals surface area contributed by atoms with Crippen LogP contribution >= 0.6 is 0 Å². The highest BCUT2D eigenvalue weighted by Crippen LogP contribution is 2.18. The van der Waals surface area contributed by atoms with Crippen LogP contribution in [0.2, 0.25) is 0 Å². The lowest BCUT2D eigenvalue weighted by atomic mass is 10.1. The predicted molar refractivity (Wildman–Crippen MR) is 89.8 cm³/mol. The largest absolute Gasteiger partial charge is 0.356 e. The minimum absolute atomic E-state index is 0.0659. The zero-order valence-corrected chi connectivity index (χ0v) is 13.6. The van der Waals surface area contributed by atoms with Crippen molar-refractivity contribution in [3.63, 3.8) is 0 Å². The van der Waals surface area contributed by atoms with Crippen LogP contribution in [0.4, 0.5) is 0 Å². The number of amides is 1. The molecule has 1 aromatic carbocycles. The molecule has 0 unspecified atom stereocenters. The van der Waals surface area contributed by atoms with Gasteiger partial charge in [0.25, 0.3) is 0 Å². The van der Waals surface area contributed by atoms with Gasteiger partial charge in [0.1, 0.15) is 0 Å². The fourth-order valence-electron chi connectivity index (χ4n) is 3.10. The van der Waals surface area contributed by atoms with Gasteiger partial charge in [-0.05, 0) is 36.1 Å². The molecule has 1 amide bonds. The lowest BCUT2D eigenvalue weighted by Crippen LogP contribution is -2.29. The second-order valence-corrected chi connectivity index (χ2v) is 6.35. The number of aromatic nitrogens is 2. The smallest absolute Gasteiger partial charge is 0.216 e. The third-order valence-electron chi connectivity index (χ3n) is 4.34. The summed E-state index contributed by atoms with van der Waals surface area (Å²) < 4.78 is 1.93. The van der Waals surface area contributed by atoms with E-state index in [1.807, 2.05) is 16.9 Å². The number of carbonyl (C=O) groups excluding carboxylic acids is 1. The summed E-state index contributed by atoms with van der Waals surface area (Å²) in [6.45, 7) is 6.36. The molecule has 1 aliphatic rings. The fourth-order valence-corrected chi connectivity index (χ4v) is 3.10.